The number of amides is 1. The smallest absolute Gasteiger partial charge is 0.264 e. The van der Waals surface area contributed by atoms with Crippen molar-refractivity contribution in [3.05, 3.63) is 65.2 Å². The van der Waals surface area contributed by atoms with Gasteiger partial charge in [-0.1, -0.05) is 38.1 Å². The standard InChI is InChI=1S/C30H37N5O4S.ClH/c1-18(2)11-24-17-39-27-15-26(28-19(3)7-5-8-20(28)4)32-30(33-27)34-40(37,38)25-10-6-9-22(14-25)29(36)35(24)23-12-21(13-23)16-31;/h5-10,14-15,18,21,23-24H,11-13,16-17,31H2,1-4H3,(H,32,33,34);1H/t21?,23?,24-;/m1./s1. The molecule has 41 heavy (non-hydrogen) atoms. The highest BCUT2D eigenvalue weighted by atomic mass is 35.5. The Balaban J connectivity index is 0.00000387. The van der Waals surface area contributed by atoms with E-state index in [2.05, 4.69) is 28.5 Å². The van der Waals surface area contributed by atoms with E-state index in [9.17, 15) is 13.2 Å². The van der Waals surface area contributed by atoms with Gasteiger partial charge in [0.2, 0.25) is 11.8 Å². The number of nitrogens with zero attached hydrogens (tertiary/aromatic N) is 3. The lowest BCUT2D eigenvalue weighted by atomic mass is 9.78. The Morgan fingerprint density at radius 1 is 1.07 bits per heavy atom. The molecule has 1 amide bonds. The molecule has 0 spiro atoms. The zero-order chi connectivity index (χ0) is 28.6. The van der Waals surface area contributed by atoms with Crippen molar-refractivity contribution in [3.63, 3.8) is 0 Å². The summed E-state index contributed by atoms with van der Waals surface area (Å²) in [5, 5.41) is 0. The normalized spacial score (nSPS) is 21.8. The lowest BCUT2D eigenvalue weighted by Crippen LogP contribution is -2.55. The van der Waals surface area contributed by atoms with E-state index >= 15 is 0 Å². The van der Waals surface area contributed by atoms with Gasteiger partial charge in [-0.05, 0) is 80.8 Å². The van der Waals surface area contributed by atoms with E-state index in [0.29, 0.717) is 36.1 Å². The number of nitrogens with one attached hydrogen (secondary N) is 1. The number of carbonyl (C=O) groups is 1. The molecule has 5 rings (SSSR count). The Hall–Kier alpha value is -3.21. The van der Waals surface area contributed by atoms with Crippen LogP contribution in [0.1, 0.15) is 54.6 Å². The van der Waals surface area contributed by atoms with Crippen LogP contribution in [-0.4, -0.2) is 54.4 Å². The molecular weight excluding hydrogens is 562 g/mol. The van der Waals surface area contributed by atoms with Gasteiger partial charge in [0.15, 0.2) is 0 Å². The molecule has 0 radical (unpaired) electrons. The summed E-state index contributed by atoms with van der Waals surface area (Å²) in [6.07, 6.45) is 2.34. The molecule has 2 aliphatic rings. The molecule has 220 valence electrons. The van der Waals surface area contributed by atoms with Crippen LogP contribution in [0.25, 0.3) is 11.3 Å². The molecule has 0 saturated heterocycles. The van der Waals surface area contributed by atoms with Crippen molar-refractivity contribution in [1.29, 1.82) is 0 Å². The van der Waals surface area contributed by atoms with Crippen molar-refractivity contribution in [1.82, 2.24) is 14.9 Å². The number of sulfonamides is 1. The Morgan fingerprint density at radius 3 is 2.41 bits per heavy atom. The number of aryl methyl sites for hydroxylation is 2. The Bertz CT molecular complexity index is 1500. The molecule has 1 atom stereocenters. The maximum absolute atomic E-state index is 14.0. The van der Waals surface area contributed by atoms with Crippen molar-refractivity contribution in [2.24, 2.45) is 17.6 Å². The number of hydrogen-bond donors (Lipinski definition) is 2. The number of halogens is 1. The summed E-state index contributed by atoms with van der Waals surface area (Å²) >= 11 is 0. The van der Waals surface area contributed by atoms with Gasteiger partial charge in [-0.25, -0.2) is 18.1 Å². The van der Waals surface area contributed by atoms with Gasteiger partial charge in [-0.2, -0.15) is 4.98 Å². The molecule has 1 aliphatic heterocycles. The zero-order valence-corrected chi connectivity index (χ0v) is 25.5. The van der Waals surface area contributed by atoms with Crippen LogP contribution in [0.3, 0.4) is 0 Å². The predicted molar refractivity (Wildman–Crippen MR) is 162 cm³/mol. The van der Waals surface area contributed by atoms with Gasteiger partial charge in [-0.15, -0.1) is 12.4 Å². The Morgan fingerprint density at radius 2 is 1.76 bits per heavy atom. The van der Waals surface area contributed by atoms with E-state index < -0.39 is 10.0 Å². The number of ether oxygens (including phenoxy) is 1. The van der Waals surface area contributed by atoms with Crippen LogP contribution in [-0.2, 0) is 10.0 Å². The summed E-state index contributed by atoms with van der Waals surface area (Å²) in [7, 11) is -4.09. The van der Waals surface area contributed by atoms with E-state index in [1.165, 1.54) is 12.1 Å². The molecule has 3 aromatic rings. The first kappa shape index (κ1) is 30.7. The summed E-state index contributed by atoms with van der Waals surface area (Å²) in [5.41, 5.74) is 9.67. The molecule has 2 heterocycles. The molecule has 0 unspecified atom stereocenters. The average Bonchev–Trinajstić information content (AvgIpc) is 2.87. The van der Waals surface area contributed by atoms with E-state index in [-0.39, 0.29) is 53.7 Å². The average molecular weight is 600 g/mol. The molecule has 1 aliphatic carbocycles. The number of nitrogens with two attached hydrogens (primary N) is 1. The first-order chi connectivity index (χ1) is 19.1. The van der Waals surface area contributed by atoms with Crippen LogP contribution in [0, 0.1) is 25.7 Å². The van der Waals surface area contributed by atoms with Crippen molar-refractivity contribution >= 4 is 34.3 Å². The van der Waals surface area contributed by atoms with Gasteiger partial charge < -0.3 is 15.4 Å². The summed E-state index contributed by atoms with van der Waals surface area (Å²) in [6, 6.07) is 13.6. The van der Waals surface area contributed by atoms with Crippen LogP contribution in [0.4, 0.5) is 5.95 Å². The van der Waals surface area contributed by atoms with Crippen LogP contribution < -0.4 is 15.2 Å². The summed E-state index contributed by atoms with van der Waals surface area (Å²) in [4.78, 5) is 24.9. The number of anilines is 1. The number of carbonyl (C=O) groups excluding carboxylic acids is 1. The number of rotatable bonds is 5. The van der Waals surface area contributed by atoms with Crippen molar-refractivity contribution in [2.45, 2.75) is 63.9 Å². The maximum atomic E-state index is 14.0. The van der Waals surface area contributed by atoms with Gasteiger partial charge >= 0.3 is 0 Å². The van der Waals surface area contributed by atoms with E-state index in [4.69, 9.17) is 10.5 Å². The SMILES string of the molecule is Cc1cccc(C)c1-c1cc2nc(n1)NS(=O)(=O)c1cccc(c1)C(=O)N(C1CC(CN)C1)[C@H](CC(C)C)CO2.Cl. The fourth-order valence-corrected chi connectivity index (χ4v) is 6.74. The minimum absolute atomic E-state index is 0. The third kappa shape index (κ3) is 6.50. The van der Waals surface area contributed by atoms with Crippen LogP contribution in [0.5, 0.6) is 5.88 Å². The third-order valence-electron chi connectivity index (χ3n) is 7.79. The molecule has 3 N–H and O–H groups in total. The molecule has 1 fully saturated rings. The molecule has 9 nitrogen and oxygen atoms in total. The van der Waals surface area contributed by atoms with Crippen molar-refractivity contribution in [2.75, 3.05) is 17.9 Å². The first-order valence-corrected chi connectivity index (χ1v) is 15.3. The fraction of sp³-hybridized carbons (Fsp3) is 0.433. The van der Waals surface area contributed by atoms with Gasteiger partial charge in [0.25, 0.3) is 15.9 Å². The lowest BCUT2D eigenvalue weighted by molar-refractivity contribution is 0.0159. The molecular formula is C30H38ClN5O4S. The van der Waals surface area contributed by atoms with E-state index in [1.807, 2.05) is 36.9 Å². The van der Waals surface area contributed by atoms with Gasteiger partial charge in [0, 0.05) is 23.2 Å². The van der Waals surface area contributed by atoms with E-state index in [0.717, 1.165) is 29.5 Å². The number of aromatic nitrogens is 2. The maximum Gasteiger partial charge on any atom is 0.264 e. The summed E-state index contributed by atoms with van der Waals surface area (Å²) < 4.78 is 35.7. The van der Waals surface area contributed by atoms with Gasteiger partial charge in [0.05, 0.1) is 16.6 Å². The monoisotopic (exact) mass is 599 g/mol. The Labute approximate surface area is 248 Å². The number of benzene rings is 2. The summed E-state index contributed by atoms with van der Waals surface area (Å²) in [6.45, 7) is 8.99. The zero-order valence-electron chi connectivity index (χ0n) is 23.8. The number of fused-ring (bicyclic) bond motifs is 4. The predicted octanol–water partition coefficient (Wildman–Crippen LogP) is 4.97. The molecule has 11 heteroatoms. The molecule has 2 aromatic carbocycles. The lowest BCUT2D eigenvalue weighted by Gasteiger charge is -2.46. The van der Waals surface area contributed by atoms with Crippen LogP contribution >= 0.6 is 12.4 Å². The first-order valence-electron chi connectivity index (χ1n) is 13.8. The second-order valence-corrected chi connectivity index (χ2v) is 13.0. The van der Waals surface area contributed by atoms with Crippen LogP contribution in [0.15, 0.2) is 53.4 Å². The second kappa shape index (κ2) is 12.3. The van der Waals surface area contributed by atoms with Crippen LogP contribution in [0.2, 0.25) is 0 Å². The third-order valence-corrected chi connectivity index (χ3v) is 9.12. The summed E-state index contributed by atoms with van der Waals surface area (Å²) in [5.74, 6) is 0.604. The second-order valence-electron chi connectivity index (χ2n) is 11.3. The van der Waals surface area contributed by atoms with Gasteiger partial charge in [0.1, 0.15) is 6.61 Å². The van der Waals surface area contributed by atoms with Crippen molar-refractivity contribution < 1.29 is 17.9 Å². The fourth-order valence-electron chi connectivity index (χ4n) is 5.75. The van der Waals surface area contributed by atoms with E-state index in [1.54, 1.807) is 18.2 Å². The largest absolute Gasteiger partial charge is 0.475 e. The molecule has 1 saturated carbocycles. The highest BCUT2D eigenvalue weighted by Crippen LogP contribution is 2.36. The molecule has 1 aromatic heterocycles. The minimum Gasteiger partial charge on any atom is -0.475 e. The molecule has 4 bridgehead atoms. The highest BCUT2D eigenvalue weighted by molar-refractivity contribution is 7.92. The van der Waals surface area contributed by atoms with Gasteiger partial charge in [-0.3, -0.25) is 4.79 Å². The highest BCUT2D eigenvalue weighted by Gasteiger charge is 2.40. The van der Waals surface area contributed by atoms with Crippen molar-refractivity contribution in [3.8, 4) is 17.1 Å². The topological polar surface area (TPSA) is 128 Å². The number of hydrogen-bond acceptors (Lipinski definition) is 7. The Kier molecular flexibility index (Phi) is 9.25. The quantitative estimate of drug-likeness (QED) is 0.424. The minimum atomic E-state index is -4.09.